The van der Waals surface area contributed by atoms with Gasteiger partial charge in [0.1, 0.15) is 11.5 Å². The number of hydrogen-bond donors (Lipinski definition) is 0. The number of halogens is 1. The van der Waals surface area contributed by atoms with Crippen LogP contribution in [0, 0.1) is 5.82 Å². The van der Waals surface area contributed by atoms with Crippen molar-refractivity contribution in [3.63, 3.8) is 0 Å². The quantitative estimate of drug-likeness (QED) is 0.561. The average Bonchev–Trinajstić information content (AvgIpc) is 3.28. The molecule has 0 spiro atoms. The Labute approximate surface area is 199 Å². The van der Waals surface area contributed by atoms with E-state index in [1.54, 1.807) is 6.07 Å². The molecule has 7 heteroatoms. The number of aromatic nitrogens is 1. The van der Waals surface area contributed by atoms with E-state index in [1.165, 1.54) is 12.1 Å². The molecule has 2 aromatic carbocycles. The SMILES string of the molecule is O=C1CCN(CCCN2CCN(c3ccc(F)cc3)CC2)C(=O)c2ccn(-c3ccccc3)c21. The molecule has 0 unspecified atom stereocenters. The van der Waals surface area contributed by atoms with Gasteiger partial charge in [0.05, 0.1) is 5.56 Å². The van der Waals surface area contributed by atoms with Crippen molar-refractivity contribution in [2.75, 3.05) is 50.7 Å². The van der Waals surface area contributed by atoms with Gasteiger partial charge in [0.15, 0.2) is 5.78 Å². The Kier molecular flexibility index (Phi) is 6.45. The molecule has 0 radical (unpaired) electrons. The Bertz CT molecular complexity index is 1150. The highest BCUT2D eigenvalue weighted by Crippen LogP contribution is 2.24. The molecule has 0 saturated carbocycles. The number of carbonyl (C=O) groups is 2. The summed E-state index contributed by atoms with van der Waals surface area (Å²) in [6, 6.07) is 18.1. The molecule has 6 nitrogen and oxygen atoms in total. The first-order chi connectivity index (χ1) is 16.6. The maximum absolute atomic E-state index is 13.2. The van der Waals surface area contributed by atoms with Crippen LogP contribution in [0.1, 0.15) is 33.7 Å². The summed E-state index contributed by atoms with van der Waals surface area (Å²) in [7, 11) is 0. The third-order valence-electron chi connectivity index (χ3n) is 6.78. The number of benzene rings is 2. The number of para-hydroxylation sites is 1. The van der Waals surface area contributed by atoms with Gasteiger partial charge < -0.3 is 14.4 Å². The molecule has 176 valence electrons. The van der Waals surface area contributed by atoms with Crippen LogP contribution in [-0.2, 0) is 0 Å². The fourth-order valence-electron chi connectivity index (χ4n) is 4.90. The monoisotopic (exact) mass is 460 g/mol. The third kappa shape index (κ3) is 4.61. The largest absolute Gasteiger partial charge is 0.369 e. The van der Waals surface area contributed by atoms with Crippen molar-refractivity contribution in [1.29, 1.82) is 0 Å². The first kappa shape index (κ1) is 22.3. The number of carbonyl (C=O) groups excluding carboxylic acids is 2. The van der Waals surface area contributed by atoms with Crippen molar-refractivity contribution in [2.24, 2.45) is 0 Å². The molecule has 0 aliphatic carbocycles. The van der Waals surface area contributed by atoms with Gasteiger partial charge in [0.2, 0.25) is 0 Å². The van der Waals surface area contributed by atoms with E-state index in [0.717, 1.165) is 50.5 Å². The molecular weight excluding hydrogens is 431 g/mol. The first-order valence-corrected chi connectivity index (χ1v) is 11.9. The first-order valence-electron chi connectivity index (χ1n) is 11.9. The van der Waals surface area contributed by atoms with E-state index in [-0.39, 0.29) is 17.5 Å². The van der Waals surface area contributed by atoms with Gasteiger partial charge in [0, 0.05) is 63.3 Å². The minimum Gasteiger partial charge on any atom is -0.369 e. The number of hydrogen-bond acceptors (Lipinski definition) is 4. The standard InChI is InChI=1S/C27H29FN4O2/c28-21-7-9-22(10-8-21)30-19-17-29(18-20-30)13-4-14-31-15-12-25(33)26-24(27(31)34)11-16-32(26)23-5-2-1-3-6-23/h1-3,5-11,16H,4,12-15,17-20H2. The predicted octanol–water partition coefficient (Wildman–Crippen LogP) is 3.86. The predicted molar refractivity (Wildman–Crippen MR) is 130 cm³/mol. The second kappa shape index (κ2) is 9.81. The number of amides is 1. The Morgan fingerprint density at radius 2 is 1.50 bits per heavy atom. The molecule has 2 aliphatic heterocycles. The van der Waals surface area contributed by atoms with E-state index < -0.39 is 0 Å². The molecule has 0 bridgehead atoms. The second-order valence-electron chi connectivity index (χ2n) is 8.91. The Balaban J connectivity index is 1.17. The third-order valence-corrected chi connectivity index (χ3v) is 6.78. The van der Waals surface area contributed by atoms with Gasteiger partial charge in [-0.1, -0.05) is 18.2 Å². The maximum atomic E-state index is 13.2. The van der Waals surface area contributed by atoms with Crippen LogP contribution in [0.3, 0.4) is 0 Å². The molecule has 2 aliphatic rings. The minimum atomic E-state index is -0.212. The normalized spacial score (nSPS) is 17.1. The summed E-state index contributed by atoms with van der Waals surface area (Å²) in [5.74, 6) is -0.260. The summed E-state index contributed by atoms with van der Waals surface area (Å²) in [4.78, 5) is 32.7. The summed E-state index contributed by atoms with van der Waals surface area (Å²) >= 11 is 0. The van der Waals surface area contributed by atoms with Gasteiger partial charge in [-0.2, -0.15) is 0 Å². The number of fused-ring (bicyclic) bond motifs is 1. The Hall–Kier alpha value is -3.45. The number of Topliss-reactive ketones (excluding diaryl/α,β-unsaturated/α-hetero) is 1. The van der Waals surface area contributed by atoms with Crippen molar-refractivity contribution in [2.45, 2.75) is 12.8 Å². The Morgan fingerprint density at radius 3 is 2.24 bits per heavy atom. The van der Waals surface area contributed by atoms with Crippen LogP contribution in [0.25, 0.3) is 5.69 Å². The van der Waals surface area contributed by atoms with Crippen LogP contribution < -0.4 is 4.90 Å². The molecule has 1 fully saturated rings. The van der Waals surface area contributed by atoms with Gasteiger partial charge in [-0.25, -0.2) is 4.39 Å². The van der Waals surface area contributed by atoms with Crippen LogP contribution in [0.15, 0.2) is 66.9 Å². The lowest BCUT2D eigenvalue weighted by molar-refractivity contribution is 0.0750. The van der Waals surface area contributed by atoms with E-state index in [2.05, 4.69) is 9.80 Å². The fourth-order valence-corrected chi connectivity index (χ4v) is 4.90. The van der Waals surface area contributed by atoms with E-state index in [0.29, 0.717) is 30.8 Å². The van der Waals surface area contributed by atoms with Gasteiger partial charge in [-0.3, -0.25) is 14.5 Å². The Morgan fingerprint density at radius 1 is 0.765 bits per heavy atom. The van der Waals surface area contributed by atoms with Crippen molar-refractivity contribution in [3.8, 4) is 5.69 Å². The molecule has 34 heavy (non-hydrogen) atoms. The van der Waals surface area contributed by atoms with Crippen molar-refractivity contribution in [3.05, 3.63) is 83.9 Å². The van der Waals surface area contributed by atoms with Gasteiger partial charge >= 0.3 is 0 Å². The van der Waals surface area contributed by atoms with Crippen molar-refractivity contribution in [1.82, 2.24) is 14.4 Å². The molecule has 1 amide bonds. The molecule has 1 saturated heterocycles. The average molecular weight is 461 g/mol. The fraction of sp³-hybridized carbons (Fsp3) is 0.333. The highest BCUT2D eigenvalue weighted by atomic mass is 19.1. The van der Waals surface area contributed by atoms with E-state index in [9.17, 15) is 14.0 Å². The molecule has 3 aromatic rings. The van der Waals surface area contributed by atoms with Crippen LogP contribution in [0.4, 0.5) is 10.1 Å². The number of nitrogens with zero attached hydrogens (tertiary/aromatic N) is 4. The van der Waals surface area contributed by atoms with Crippen LogP contribution >= 0.6 is 0 Å². The van der Waals surface area contributed by atoms with E-state index in [4.69, 9.17) is 0 Å². The molecular formula is C27H29FN4O2. The summed E-state index contributed by atoms with van der Waals surface area (Å²) < 4.78 is 15.0. The van der Waals surface area contributed by atoms with E-state index in [1.807, 2.05) is 58.1 Å². The van der Waals surface area contributed by atoms with Crippen LogP contribution in [-0.4, -0.2) is 71.9 Å². The highest BCUT2D eigenvalue weighted by molar-refractivity contribution is 6.09. The number of piperazine rings is 1. The smallest absolute Gasteiger partial charge is 0.256 e. The number of anilines is 1. The van der Waals surface area contributed by atoms with Crippen LogP contribution in [0.2, 0.25) is 0 Å². The maximum Gasteiger partial charge on any atom is 0.256 e. The lowest BCUT2D eigenvalue weighted by atomic mass is 10.1. The van der Waals surface area contributed by atoms with Crippen LogP contribution in [0.5, 0.6) is 0 Å². The van der Waals surface area contributed by atoms with Crippen molar-refractivity contribution < 1.29 is 14.0 Å². The van der Waals surface area contributed by atoms with E-state index >= 15 is 0 Å². The summed E-state index contributed by atoms with van der Waals surface area (Å²) in [6.07, 6.45) is 3.02. The summed E-state index contributed by atoms with van der Waals surface area (Å²) in [5, 5.41) is 0. The van der Waals surface area contributed by atoms with Gasteiger partial charge in [-0.05, 0) is 55.4 Å². The second-order valence-corrected chi connectivity index (χ2v) is 8.91. The topological polar surface area (TPSA) is 48.8 Å². The summed E-state index contributed by atoms with van der Waals surface area (Å²) in [6.45, 7) is 5.69. The molecule has 3 heterocycles. The van der Waals surface area contributed by atoms with Gasteiger partial charge in [0.25, 0.3) is 5.91 Å². The zero-order valence-corrected chi connectivity index (χ0v) is 19.2. The zero-order valence-electron chi connectivity index (χ0n) is 19.2. The molecule has 5 rings (SSSR count). The lowest BCUT2D eigenvalue weighted by Crippen LogP contribution is -2.47. The van der Waals surface area contributed by atoms with Gasteiger partial charge in [-0.15, -0.1) is 0 Å². The molecule has 0 atom stereocenters. The number of ketones is 1. The zero-order chi connectivity index (χ0) is 23.5. The van der Waals surface area contributed by atoms with Crippen molar-refractivity contribution >= 4 is 17.4 Å². The molecule has 0 N–H and O–H groups in total. The highest BCUT2D eigenvalue weighted by Gasteiger charge is 2.30. The summed E-state index contributed by atoms with van der Waals surface area (Å²) in [5.41, 5.74) is 2.94. The number of rotatable bonds is 6. The minimum absolute atomic E-state index is 0.0108. The molecule has 1 aromatic heterocycles. The lowest BCUT2D eigenvalue weighted by Gasteiger charge is -2.36.